The molecule has 1 N–H and O–H groups in total. The van der Waals surface area contributed by atoms with E-state index in [4.69, 9.17) is 5.26 Å². The summed E-state index contributed by atoms with van der Waals surface area (Å²) in [6.07, 6.45) is 1.05. The van der Waals surface area contributed by atoms with Gasteiger partial charge in [-0.05, 0) is 31.5 Å². The largest absolute Gasteiger partial charge is 0.378 e. The first-order chi connectivity index (χ1) is 8.29. The average Bonchev–Trinajstić information content (AvgIpc) is 2.40. The minimum atomic E-state index is -0.783. The molecule has 3 nitrogen and oxygen atoms in total. The van der Waals surface area contributed by atoms with Crippen LogP contribution in [0.1, 0.15) is 18.4 Å². The molecule has 0 spiro atoms. The van der Waals surface area contributed by atoms with Crippen LogP contribution in [0.25, 0.3) is 0 Å². The van der Waals surface area contributed by atoms with Gasteiger partial charge in [-0.3, -0.25) is 4.90 Å². The van der Waals surface area contributed by atoms with E-state index in [1.807, 2.05) is 12.1 Å². The van der Waals surface area contributed by atoms with Gasteiger partial charge in [0.25, 0.3) is 0 Å². The quantitative estimate of drug-likeness (QED) is 0.805. The number of benzene rings is 1. The lowest BCUT2D eigenvalue weighted by Gasteiger charge is -2.32. The first-order valence-corrected chi connectivity index (χ1v) is 6.13. The molecule has 90 valence electrons. The van der Waals surface area contributed by atoms with E-state index in [9.17, 15) is 5.11 Å². The van der Waals surface area contributed by atoms with Crippen molar-refractivity contribution in [3.8, 4) is 6.07 Å². The highest BCUT2D eigenvalue weighted by Gasteiger charge is 2.24. The molecule has 0 amide bonds. The second-order valence-electron chi connectivity index (χ2n) is 4.67. The van der Waals surface area contributed by atoms with Crippen molar-refractivity contribution < 1.29 is 5.11 Å². The first kappa shape index (κ1) is 12.1. The van der Waals surface area contributed by atoms with E-state index < -0.39 is 6.10 Å². The smallest absolute Gasteiger partial charge is 0.143 e. The molecule has 0 aliphatic carbocycles. The normalized spacial score (nSPS) is 19.8. The maximum atomic E-state index is 9.48. The maximum Gasteiger partial charge on any atom is 0.143 e. The topological polar surface area (TPSA) is 47.3 Å². The lowest BCUT2D eigenvalue weighted by molar-refractivity contribution is 0.0909. The summed E-state index contributed by atoms with van der Waals surface area (Å²) in [5.74, 6) is 0.159. The zero-order chi connectivity index (χ0) is 12.1. The van der Waals surface area contributed by atoms with Crippen LogP contribution in [-0.2, 0) is 6.54 Å². The molecular weight excluding hydrogens is 212 g/mol. The van der Waals surface area contributed by atoms with Gasteiger partial charge in [0, 0.05) is 12.5 Å². The summed E-state index contributed by atoms with van der Waals surface area (Å²) in [5, 5.41) is 18.2. The van der Waals surface area contributed by atoms with Crippen LogP contribution < -0.4 is 0 Å². The molecule has 0 unspecified atom stereocenters. The molecule has 1 heterocycles. The molecule has 1 saturated heterocycles. The van der Waals surface area contributed by atoms with E-state index in [0.717, 1.165) is 32.5 Å². The highest BCUT2D eigenvalue weighted by Crippen LogP contribution is 2.21. The molecule has 1 aliphatic heterocycles. The summed E-state index contributed by atoms with van der Waals surface area (Å²) < 4.78 is 0. The molecule has 1 fully saturated rings. The number of aliphatic hydroxyl groups is 1. The number of hydrogen-bond donors (Lipinski definition) is 1. The van der Waals surface area contributed by atoms with E-state index >= 15 is 0 Å². The summed E-state index contributed by atoms with van der Waals surface area (Å²) >= 11 is 0. The lowest BCUT2D eigenvalue weighted by atomic mass is 9.92. The minimum absolute atomic E-state index is 0.159. The molecule has 1 aliphatic rings. The van der Waals surface area contributed by atoms with Gasteiger partial charge in [0.1, 0.15) is 6.10 Å². The number of nitriles is 1. The molecule has 1 aromatic carbocycles. The van der Waals surface area contributed by atoms with Crippen LogP contribution >= 0.6 is 0 Å². The third kappa shape index (κ3) is 3.29. The van der Waals surface area contributed by atoms with E-state index in [0.29, 0.717) is 0 Å². The van der Waals surface area contributed by atoms with Crippen molar-refractivity contribution in [3.05, 3.63) is 35.9 Å². The fourth-order valence-electron chi connectivity index (χ4n) is 2.37. The van der Waals surface area contributed by atoms with Crippen molar-refractivity contribution in [2.45, 2.75) is 25.5 Å². The van der Waals surface area contributed by atoms with Crippen LogP contribution in [0, 0.1) is 17.2 Å². The van der Waals surface area contributed by atoms with Crippen molar-refractivity contribution in [1.82, 2.24) is 4.90 Å². The van der Waals surface area contributed by atoms with Crippen molar-refractivity contribution >= 4 is 0 Å². The zero-order valence-corrected chi connectivity index (χ0v) is 9.92. The predicted octanol–water partition coefficient (Wildman–Crippen LogP) is 1.78. The Balaban J connectivity index is 1.82. The van der Waals surface area contributed by atoms with Gasteiger partial charge in [-0.15, -0.1) is 0 Å². The molecule has 0 saturated carbocycles. The Morgan fingerprint density at radius 1 is 1.29 bits per heavy atom. The molecule has 1 aromatic rings. The van der Waals surface area contributed by atoms with E-state index in [1.54, 1.807) is 0 Å². The van der Waals surface area contributed by atoms with Gasteiger partial charge in [-0.2, -0.15) is 5.26 Å². The van der Waals surface area contributed by atoms with Crippen LogP contribution in [0.3, 0.4) is 0 Å². The number of aliphatic hydroxyl groups excluding tert-OH is 1. The highest BCUT2D eigenvalue weighted by atomic mass is 16.3. The summed E-state index contributed by atoms with van der Waals surface area (Å²) in [5.41, 5.74) is 1.33. The zero-order valence-electron chi connectivity index (χ0n) is 9.92. The van der Waals surface area contributed by atoms with E-state index in [-0.39, 0.29) is 5.92 Å². The maximum absolute atomic E-state index is 9.48. The summed E-state index contributed by atoms with van der Waals surface area (Å²) in [7, 11) is 0. The van der Waals surface area contributed by atoms with Crippen LogP contribution in [-0.4, -0.2) is 29.2 Å². The number of rotatable bonds is 3. The molecule has 0 bridgehead atoms. The van der Waals surface area contributed by atoms with Crippen molar-refractivity contribution in [1.29, 1.82) is 5.26 Å². The van der Waals surface area contributed by atoms with E-state index in [1.165, 1.54) is 5.56 Å². The SMILES string of the molecule is N#C[C@@H](O)C1CCN(Cc2ccccc2)CC1. The monoisotopic (exact) mass is 230 g/mol. The van der Waals surface area contributed by atoms with Crippen molar-refractivity contribution in [2.24, 2.45) is 5.92 Å². The van der Waals surface area contributed by atoms with Gasteiger partial charge in [-0.25, -0.2) is 0 Å². The van der Waals surface area contributed by atoms with Crippen LogP contribution in [0.2, 0.25) is 0 Å². The van der Waals surface area contributed by atoms with Gasteiger partial charge in [-0.1, -0.05) is 30.3 Å². The first-order valence-electron chi connectivity index (χ1n) is 6.13. The molecule has 0 aromatic heterocycles. The van der Waals surface area contributed by atoms with Gasteiger partial charge in [0.15, 0.2) is 0 Å². The lowest BCUT2D eigenvalue weighted by Crippen LogP contribution is -2.36. The third-order valence-electron chi connectivity index (χ3n) is 3.46. The fraction of sp³-hybridized carbons (Fsp3) is 0.500. The van der Waals surface area contributed by atoms with Gasteiger partial charge in [0.05, 0.1) is 6.07 Å². The molecule has 1 atom stereocenters. The molecule has 0 radical (unpaired) electrons. The Morgan fingerprint density at radius 2 is 1.94 bits per heavy atom. The van der Waals surface area contributed by atoms with E-state index in [2.05, 4.69) is 29.2 Å². The Morgan fingerprint density at radius 3 is 2.53 bits per heavy atom. The summed E-state index contributed by atoms with van der Waals surface area (Å²) in [6.45, 7) is 2.91. The third-order valence-corrected chi connectivity index (χ3v) is 3.46. The number of likely N-dealkylation sites (tertiary alicyclic amines) is 1. The number of piperidine rings is 1. The number of hydrogen-bond acceptors (Lipinski definition) is 3. The Kier molecular flexibility index (Phi) is 4.13. The highest BCUT2D eigenvalue weighted by molar-refractivity contribution is 5.14. The standard InChI is InChI=1S/C14H18N2O/c15-10-14(17)13-6-8-16(9-7-13)11-12-4-2-1-3-5-12/h1-5,13-14,17H,6-9,11H2/t14-/m1/s1. The molecular formula is C14H18N2O. The van der Waals surface area contributed by atoms with Crippen molar-refractivity contribution in [2.75, 3.05) is 13.1 Å². The Bertz CT molecular complexity index is 377. The molecule has 17 heavy (non-hydrogen) atoms. The Labute approximate surface area is 102 Å². The second-order valence-corrected chi connectivity index (χ2v) is 4.67. The fourth-order valence-corrected chi connectivity index (χ4v) is 2.37. The van der Waals surface area contributed by atoms with Crippen LogP contribution in [0.5, 0.6) is 0 Å². The van der Waals surface area contributed by atoms with Gasteiger partial charge < -0.3 is 5.11 Å². The van der Waals surface area contributed by atoms with Crippen LogP contribution in [0.4, 0.5) is 0 Å². The Hall–Kier alpha value is -1.37. The summed E-state index contributed by atoms with van der Waals surface area (Å²) in [6, 6.07) is 12.3. The molecule has 3 heteroatoms. The van der Waals surface area contributed by atoms with Gasteiger partial charge >= 0.3 is 0 Å². The summed E-state index contributed by atoms with van der Waals surface area (Å²) in [4.78, 5) is 2.38. The molecule has 2 rings (SSSR count). The average molecular weight is 230 g/mol. The van der Waals surface area contributed by atoms with Crippen molar-refractivity contribution in [3.63, 3.8) is 0 Å². The predicted molar refractivity (Wildman–Crippen MR) is 66.1 cm³/mol. The van der Waals surface area contributed by atoms with Gasteiger partial charge in [0.2, 0.25) is 0 Å². The number of nitrogens with zero attached hydrogens (tertiary/aromatic N) is 2. The second kappa shape index (κ2) is 5.81. The minimum Gasteiger partial charge on any atom is -0.378 e. The van der Waals surface area contributed by atoms with Crippen LogP contribution in [0.15, 0.2) is 30.3 Å².